The minimum atomic E-state index is -4.37. The maximum Gasteiger partial charge on any atom is 0.411 e. The Labute approximate surface area is 143 Å². The standard InChI is InChI=1S/C18H18F3NO3/c19-18(20,21)13-24-11-10-22-17(23)16-9-5-4-6-14(16)12-25-15-7-2-1-3-8-15/h1-9H,10-13H2,(H,22,23). The van der Waals surface area contributed by atoms with Crippen LogP contribution in [0.25, 0.3) is 0 Å². The van der Waals surface area contributed by atoms with E-state index in [-0.39, 0.29) is 25.7 Å². The van der Waals surface area contributed by atoms with E-state index in [0.717, 1.165) is 0 Å². The summed E-state index contributed by atoms with van der Waals surface area (Å²) in [6, 6.07) is 16.1. The molecule has 0 spiro atoms. The zero-order valence-electron chi connectivity index (χ0n) is 13.4. The monoisotopic (exact) mass is 353 g/mol. The van der Waals surface area contributed by atoms with Crippen molar-refractivity contribution in [2.45, 2.75) is 12.8 Å². The molecule has 0 unspecified atom stereocenters. The lowest BCUT2D eigenvalue weighted by molar-refractivity contribution is -0.173. The summed E-state index contributed by atoms with van der Waals surface area (Å²) in [5.41, 5.74) is 1.09. The van der Waals surface area contributed by atoms with Crippen LogP contribution in [0.15, 0.2) is 54.6 Å². The fraction of sp³-hybridized carbons (Fsp3) is 0.278. The topological polar surface area (TPSA) is 47.6 Å². The van der Waals surface area contributed by atoms with Crippen LogP contribution in [0.2, 0.25) is 0 Å². The molecule has 0 saturated heterocycles. The number of alkyl halides is 3. The number of halogens is 3. The molecular weight excluding hydrogens is 335 g/mol. The maximum absolute atomic E-state index is 12.2. The van der Waals surface area contributed by atoms with E-state index in [9.17, 15) is 18.0 Å². The number of nitrogens with one attached hydrogen (secondary N) is 1. The largest absolute Gasteiger partial charge is 0.489 e. The van der Waals surface area contributed by atoms with Crippen molar-refractivity contribution >= 4 is 5.91 Å². The minimum absolute atomic E-state index is 0.0111. The van der Waals surface area contributed by atoms with Crippen LogP contribution in [0.5, 0.6) is 5.75 Å². The summed E-state index contributed by atoms with van der Waals surface area (Å²) in [7, 11) is 0. The van der Waals surface area contributed by atoms with Gasteiger partial charge in [0.1, 0.15) is 19.0 Å². The van der Waals surface area contributed by atoms with Crippen LogP contribution in [0.4, 0.5) is 13.2 Å². The van der Waals surface area contributed by atoms with Gasteiger partial charge >= 0.3 is 6.18 Å². The fourth-order valence-electron chi connectivity index (χ4n) is 2.07. The quantitative estimate of drug-likeness (QED) is 0.738. The Morgan fingerprint density at radius 2 is 1.68 bits per heavy atom. The first kappa shape index (κ1) is 18.8. The molecule has 1 N–H and O–H groups in total. The van der Waals surface area contributed by atoms with Gasteiger partial charge in [0.05, 0.1) is 6.61 Å². The molecule has 2 aromatic rings. The highest BCUT2D eigenvalue weighted by Crippen LogP contribution is 2.15. The summed E-state index contributed by atoms with van der Waals surface area (Å²) < 4.78 is 46.0. The Bertz CT molecular complexity index is 675. The molecule has 7 heteroatoms. The Morgan fingerprint density at radius 3 is 2.40 bits per heavy atom. The van der Waals surface area contributed by atoms with Gasteiger partial charge in [-0.15, -0.1) is 0 Å². The van der Waals surface area contributed by atoms with E-state index >= 15 is 0 Å². The molecule has 0 fully saturated rings. The van der Waals surface area contributed by atoms with Crippen LogP contribution in [0.1, 0.15) is 15.9 Å². The lowest BCUT2D eigenvalue weighted by Crippen LogP contribution is -2.29. The lowest BCUT2D eigenvalue weighted by Gasteiger charge is -2.12. The van der Waals surface area contributed by atoms with Gasteiger partial charge in [-0.2, -0.15) is 13.2 Å². The second-order valence-electron chi connectivity index (χ2n) is 5.18. The van der Waals surface area contributed by atoms with E-state index in [2.05, 4.69) is 10.1 Å². The molecule has 0 radical (unpaired) electrons. The molecule has 1 amide bonds. The average molecular weight is 353 g/mol. The van der Waals surface area contributed by atoms with Crippen molar-refractivity contribution in [2.24, 2.45) is 0 Å². The number of benzene rings is 2. The molecule has 0 saturated carbocycles. The first-order chi connectivity index (χ1) is 12.0. The van der Waals surface area contributed by atoms with Crippen molar-refractivity contribution in [1.82, 2.24) is 5.32 Å². The number of rotatable bonds is 8. The molecule has 0 aliphatic carbocycles. The molecule has 4 nitrogen and oxygen atoms in total. The Hall–Kier alpha value is -2.54. The number of hydrogen-bond acceptors (Lipinski definition) is 3. The smallest absolute Gasteiger partial charge is 0.411 e. The number of carbonyl (C=O) groups is 1. The second-order valence-corrected chi connectivity index (χ2v) is 5.18. The number of carbonyl (C=O) groups excluding carboxylic acids is 1. The highest BCUT2D eigenvalue weighted by molar-refractivity contribution is 5.95. The van der Waals surface area contributed by atoms with Gasteiger partial charge in [0.25, 0.3) is 5.91 Å². The number of amides is 1. The molecule has 0 heterocycles. The highest BCUT2D eigenvalue weighted by Gasteiger charge is 2.27. The minimum Gasteiger partial charge on any atom is -0.489 e. The second kappa shape index (κ2) is 9.08. The summed E-state index contributed by atoms with van der Waals surface area (Å²) in [6.45, 7) is -1.35. The molecule has 0 aromatic heterocycles. The Balaban J connectivity index is 1.85. The van der Waals surface area contributed by atoms with Gasteiger partial charge in [0.2, 0.25) is 0 Å². The predicted molar refractivity (Wildman–Crippen MR) is 86.4 cm³/mol. The van der Waals surface area contributed by atoms with Crippen LogP contribution >= 0.6 is 0 Å². The van der Waals surface area contributed by atoms with Gasteiger partial charge in [-0.05, 0) is 18.2 Å². The van der Waals surface area contributed by atoms with Gasteiger partial charge in [0, 0.05) is 17.7 Å². The molecule has 0 bridgehead atoms. The third-order valence-electron chi connectivity index (χ3n) is 3.20. The van der Waals surface area contributed by atoms with Crippen LogP contribution in [0.3, 0.4) is 0 Å². The van der Waals surface area contributed by atoms with Crippen LogP contribution < -0.4 is 10.1 Å². The van der Waals surface area contributed by atoms with Crippen LogP contribution in [-0.4, -0.2) is 31.8 Å². The van der Waals surface area contributed by atoms with Gasteiger partial charge in [-0.1, -0.05) is 36.4 Å². The van der Waals surface area contributed by atoms with E-state index < -0.39 is 12.8 Å². The molecule has 2 aromatic carbocycles. The molecule has 0 aliphatic rings. The summed E-state index contributed by atoms with van der Waals surface area (Å²) in [4.78, 5) is 12.2. The zero-order valence-corrected chi connectivity index (χ0v) is 13.4. The first-order valence-corrected chi connectivity index (χ1v) is 7.64. The SMILES string of the molecule is O=C(NCCOCC(F)(F)F)c1ccccc1COc1ccccc1. The summed E-state index contributed by atoms with van der Waals surface area (Å²) >= 11 is 0. The molecule has 0 atom stereocenters. The van der Waals surface area contributed by atoms with E-state index in [1.807, 2.05) is 18.2 Å². The van der Waals surface area contributed by atoms with Gasteiger partial charge < -0.3 is 14.8 Å². The highest BCUT2D eigenvalue weighted by atomic mass is 19.4. The summed E-state index contributed by atoms with van der Waals surface area (Å²) in [6.07, 6.45) is -4.37. The fourth-order valence-corrected chi connectivity index (χ4v) is 2.07. The van der Waals surface area contributed by atoms with Crippen molar-refractivity contribution in [3.63, 3.8) is 0 Å². The Kier molecular flexibility index (Phi) is 6.82. The van der Waals surface area contributed by atoms with Crippen LogP contribution in [-0.2, 0) is 11.3 Å². The van der Waals surface area contributed by atoms with Gasteiger partial charge in [-0.3, -0.25) is 4.79 Å². The van der Waals surface area contributed by atoms with Crippen molar-refractivity contribution < 1.29 is 27.4 Å². The van der Waals surface area contributed by atoms with Crippen molar-refractivity contribution in [3.8, 4) is 5.75 Å². The van der Waals surface area contributed by atoms with E-state index in [1.165, 1.54) is 0 Å². The molecule has 25 heavy (non-hydrogen) atoms. The van der Waals surface area contributed by atoms with Crippen molar-refractivity contribution in [3.05, 3.63) is 65.7 Å². The first-order valence-electron chi connectivity index (χ1n) is 7.64. The molecule has 0 aliphatic heterocycles. The number of hydrogen-bond donors (Lipinski definition) is 1. The number of ether oxygens (including phenoxy) is 2. The normalized spacial score (nSPS) is 11.2. The average Bonchev–Trinajstić information content (AvgIpc) is 2.59. The lowest BCUT2D eigenvalue weighted by atomic mass is 10.1. The van der Waals surface area contributed by atoms with E-state index in [1.54, 1.807) is 36.4 Å². The molecule has 134 valence electrons. The molecular formula is C18H18F3NO3. The summed E-state index contributed by atoms with van der Waals surface area (Å²) in [5, 5.41) is 2.54. The van der Waals surface area contributed by atoms with Crippen molar-refractivity contribution in [2.75, 3.05) is 19.8 Å². The summed E-state index contributed by atoms with van der Waals surface area (Å²) in [5.74, 6) is 0.293. The third kappa shape index (κ3) is 6.84. The molecule has 2 rings (SSSR count). The zero-order chi connectivity index (χ0) is 18.1. The Morgan fingerprint density at radius 1 is 1.00 bits per heavy atom. The van der Waals surface area contributed by atoms with Crippen LogP contribution in [0, 0.1) is 0 Å². The van der Waals surface area contributed by atoms with E-state index in [4.69, 9.17) is 4.74 Å². The predicted octanol–water partition coefficient (Wildman–Crippen LogP) is 3.57. The third-order valence-corrected chi connectivity index (χ3v) is 3.20. The van der Waals surface area contributed by atoms with E-state index in [0.29, 0.717) is 16.9 Å². The number of para-hydroxylation sites is 1. The maximum atomic E-state index is 12.2. The van der Waals surface area contributed by atoms with Gasteiger partial charge in [0.15, 0.2) is 0 Å². The van der Waals surface area contributed by atoms with Crippen molar-refractivity contribution in [1.29, 1.82) is 0 Å². The van der Waals surface area contributed by atoms with Gasteiger partial charge in [-0.25, -0.2) is 0 Å².